The Morgan fingerprint density at radius 2 is 1.82 bits per heavy atom. The van der Waals surface area contributed by atoms with Gasteiger partial charge in [0, 0.05) is 12.4 Å². The van der Waals surface area contributed by atoms with E-state index in [0.29, 0.717) is 0 Å². The molecule has 17 heavy (non-hydrogen) atoms. The maximum Gasteiger partial charge on any atom is 0.149 e. The van der Waals surface area contributed by atoms with E-state index in [1.807, 2.05) is 19.3 Å². The van der Waals surface area contributed by atoms with Gasteiger partial charge >= 0.3 is 0 Å². The minimum Gasteiger partial charge on any atom is -0.318 e. The molecule has 1 heterocycles. The molecule has 3 nitrogen and oxygen atoms in total. The van der Waals surface area contributed by atoms with Crippen molar-refractivity contribution in [3.8, 4) is 0 Å². The summed E-state index contributed by atoms with van der Waals surface area (Å²) < 4.78 is 0. The van der Waals surface area contributed by atoms with E-state index in [0.717, 1.165) is 24.2 Å². The van der Waals surface area contributed by atoms with Crippen molar-refractivity contribution in [2.45, 2.75) is 51.5 Å². The second-order valence-electron chi connectivity index (χ2n) is 4.83. The molecule has 1 aliphatic carbocycles. The Balaban J connectivity index is 2.11. The van der Waals surface area contributed by atoms with Gasteiger partial charge in [-0.3, -0.25) is 0 Å². The fourth-order valence-corrected chi connectivity index (χ4v) is 2.23. The normalized spacial score (nSPS) is 19.1. The van der Waals surface area contributed by atoms with Crippen molar-refractivity contribution >= 4 is 0 Å². The summed E-state index contributed by atoms with van der Waals surface area (Å²) in [5, 5.41) is 0. The summed E-state index contributed by atoms with van der Waals surface area (Å²) in [4.78, 5) is 8.66. The maximum absolute atomic E-state index is 6.25. The molecule has 2 rings (SSSR count). The van der Waals surface area contributed by atoms with Crippen LogP contribution in [0.1, 0.15) is 56.0 Å². The van der Waals surface area contributed by atoms with E-state index in [2.05, 4.69) is 16.0 Å². The lowest BCUT2D eigenvalue weighted by Crippen LogP contribution is -2.17. The van der Waals surface area contributed by atoms with Gasteiger partial charge in [-0.2, -0.15) is 0 Å². The zero-order valence-electron chi connectivity index (χ0n) is 10.5. The number of nitrogens with two attached hydrogens (primary N) is 1. The highest BCUT2D eigenvalue weighted by molar-refractivity contribution is 5.18. The first-order chi connectivity index (χ1) is 8.27. The van der Waals surface area contributed by atoms with Gasteiger partial charge in [-0.1, -0.05) is 18.9 Å². The Bertz CT molecular complexity index is 381. The zero-order chi connectivity index (χ0) is 12.1. The van der Waals surface area contributed by atoms with Gasteiger partial charge < -0.3 is 5.73 Å². The van der Waals surface area contributed by atoms with Gasteiger partial charge in [-0.25, -0.2) is 9.97 Å². The van der Waals surface area contributed by atoms with Crippen LogP contribution in [0.25, 0.3) is 0 Å². The number of aromatic nitrogens is 2. The largest absolute Gasteiger partial charge is 0.318 e. The predicted molar refractivity (Wildman–Crippen MR) is 69.5 cm³/mol. The molecule has 92 valence electrons. The Kier molecular flexibility index (Phi) is 4.26. The third-order valence-corrected chi connectivity index (χ3v) is 3.30. The molecule has 0 spiro atoms. The topological polar surface area (TPSA) is 51.8 Å². The van der Waals surface area contributed by atoms with E-state index >= 15 is 0 Å². The molecule has 0 aromatic carbocycles. The van der Waals surface area contributed by atoms with Crippen LogP contribution in [-0.4, -0.2) is 9.97 Å². The molecular formula is C14H21N3. The van der Waals surface area contributed by atoms with E-state index in [1.54, 1.807) is 0 Å². The summed E-state index contributed by atoms with van der Waals surface area (Å²) in [6.45, 7) is 1.99. The van der Waals surface area contributed by atoms with E-state index in [-0.39, 0.29) is 6.04 Å². The first-order valence-electron chi connectivity index (χ1n) is 6.50. The number of hydrogen-bond acceptors (Lipinski definition) is 3. The lowest BCUT2D eigenvalue weighted by molar-refractivity contribution is 0.595. The lowest BCUT2D eigenvalue weighted by Gasteiger charge is -2.17. The van der Waals surface area contributed by atoms with Gasteiger partial charge in [0.2, 0.25) is 0 Å². The molecular weight excluding hydrogens is 210 g/mol. The van der Waals surface area contributed by atoms with Crippen LogP contribution < -0.4 is 5.73 Å². The van der Waals surface area contributed by atoms with Crippen molar-refractivity contribution in [3.63, 3.8) is 0 Å². The maximum atomic E-state index is 6.25. The highest BCUT2D eigenvalue weighted by Crippen LogP contribution is 2.25. The molecule has 0 radical (unpaired) electrons. The quantitative estimate of drug-likeness (QED) is 0.796. The van der Waals surface area contributed by atoms with Crippen LogP contribution in [0.5, 0.6) is 0 Å². The molecule has 1 aromatic rings. The third-order valence-electron chi connectivity index (χ3n) is 3.30. The first-order valence-corrected chi connectivity index (χ1v) is 6.50. The minimum absolute atomic E-state index is 0.117. The average Bonchev–Trinajstić information content (AvgIpc) is 2.29. The Hall–Kier alpha value is -1.22. The smallest absolute Gasteiger partial charge is 0.149 e. The summed E-state index contributed by atoms with van der Waals surface area (Å²) in [5.74, 6) is 0.752. The Morgan fingerprint density at radius 3 is 2.59 bits per heavy atom. The molecule has 1 unspecified atom stereocenters. The van der Waals surface area contributed by atoms with Gasteiger partial charge in [0.15, 0.2) is 0 Å². The predicted octanol–water partition coefficient (Wildman–Crippen LogP) is 3.07. The fraction of sp³-hybridized carbons (Fsp3) is 0.571. The van der Waals surface area contributed by atoms with E-state index < -0.39 is 0 Å². The summed E-state index contributed by atoms with van der Waals surface area (Å²) in [7, 11) is 0. The fourth-order valence-electron chi connectivity index (χ4n) is 2.23. The van der Waals surface area contributed by atoms with Gasteiger partial charge in [0.1, 0.15) is 5.82 Å². The standard InChI is InChI=1S/C14H21N3/c1-11-9-16-14(17-10-11)13(15)12-7-5-3-2-4-6-8-12/h7,9-10,13H,2-6,8,15H2,1H3. The van der Waals surface area contributed by atoms with Crippen molar-refractivity contribution < 1.29 is 0 Å². The molecule has 0 saturated heterocycles. The molecule has 0 saturated carbocycles. The van der Waals surface area contributed by atoms with Crippen LogP contribution in [0.2, 0.25) is 0 Å². The van der Waals surface area contributed by atoms with Crippen molar-refractivity contribution in [1.82, 2.24) is 9.97 Å². The number of allylic oxidation sites excluding steroid dienone is 1. The highest BCUT2D eigenvalue weighted by atomic mass is 14.9. The molecule has 0 fully saturated rings. The molecule has 3 heteroatoms. The van der Waals surface area contributed by atoms with E-state index in [1.165, 1.54) is 31.3 Å². The summed E-state index contributed by atoms with van der Waals surface area (Å²) >= 11 is 0. The minimum atomic E-state index is -0.117. The number of rotatable bonds is 2. The molecule has 0 amide bonds. The Labute approximate surface area is 103 Å². The number of aryl methyl sites for hydroxylation is 1. The van der Waals surface area contributed by atoms with Gasteiger partial charge in [0.25, 0.3) is 0 Å². The van der Waals surface area contributed by atoms with Gasteiger partial charge in [0.05, 0.1) is 6.04 Å². The van der Waals surface area contributed by atoms with Crippen molar-refractivity contribution in [2.24, 2.45) is 5.73 Å². The van der Waals surface area contributed by atoms with Crippen LogP contribution in [0.4, 0.5) is 0 Å². The lowest BCUT2D eigenvalue weighted by atomic mass is 9.95. The zero-order valence-corrected chi connectivity index (χ0v) is 10.5. The van der Waals surface area contributed by atoms with Crippen molar-refractivity contribution in [2.75, 3.05) is 0 Å². The summed E-state index contributed by atoms with van der Waals surface area (Å²) in [6.07, 6.45) is 13.4. The van der Waals surface area contributed by atoms with Crippen molar-refractivity contribution in [3.05, 3.63) is 35.4 Å². The van der Waals surface area contributed by atoms with Gasteiger partial charge in [-0.05, 0) is 43.7 Å². The molecule has 1 aromatic heterocycles. The number of nitrogens with zero attached hydrogens (tertiary/aromatic N) is 2. The monoisotopic (exact) mass is 231 g/mol. The first kappa shape index (κ1) is 12.2. The average molecular weight is 231 g/mol. The van der Waals surface area contributed by atoms with Gasteiger partial charge in [-0.15, -0.1) is 0 Å². The summed E-state index contributed by atoms with van der Waals surface area (Å²) in [5.41, 5.74) is 8.64. The van der Waals surface area contributed by atoms with Crippen LogP contribution in [0.15, 0.2) is 24.0 Å². The highest BCUT2D eigenvalue weighted by Gasteiger charge is 2.15. The third kappa shape index (κ3) is 3.37. The van der Waals surface area contributed by atoms with Crippen molar-refractivity contribution in [1.29, 1.82) is 0 Å². The van der Waals surface area contributed by atoms with Crippen LogP contribution in [-0.2, 0) is 0 Å². The molecule has 0 bridgehead atoms. The molecule has 0 aliphatic heterocycles. The SMILES string of the molecule is Cc1cnc(C(N)C2=CCCCCCC2)nc1. The number of hydrogen-bond donors (Lipinski definition) is 1. The van der Waals surface area contributed by atoms with Crippen LogP contribution >= 0.6 is 0 Å². The second-order valence-corrected chi connectivity index (χ2v) is 4.83. The van der Waals surface area contributed by atoms with Crippen LogP contribution in [0, 0.1) is 6.92 Å². The summed E-state index contributed by atoms with van der Waals surface area (Å²) in [6, 6.07) is -0.117. The van der Waals surface area contributed by atoms with E-state index in [9.17, 15) is 0 Å². The molecule has 2 N–H and O–H groups in total. The van der Waals surface area contributed by atoms with E-state index in [4.69, 9.17) is 5.73 Å². The second kappa shape index (κ2) is 5.92. The molecule has 1 aliphatic rings. The molecule has 1 atom stereocenters. The Morgan fingerprint density at radius 1 is 1.12 bits per heavy atom. The van der Waals surface area contributed by atoms with Crippen LogP contribution in [0.3, 0.4) is 0 Å².